The van der Waals surface area contributed by atoms with Gasteiger partial charge in [0.15, 0.2) is 0 Å². The Hall–Kier alpha value is -1.59. The maximum atomic E-state index is 12.7. The highest BCUT2D eigenvalue weighted by Crippen LogP contribution is 2.28. The van der Waals surface area contributed by atoms with E-state index >= 15 is 0 Å². The molecule has 0 aromatic rings. The van der Waals surface area contributed by atoms with Crippen molar-refractivity contribution in [3.05, 3.63) is 0 Å². The predicted octanol–water partition coefficient (Wildman–Crippen LogP) is 12.7. The monoisotopic (exact) mass is 679 g/mol. The second-order valence-electron chi connectivity index (χ2n) is 14.8. The van der Waals surface area contributed by atoms with Gasteiger partial charge in [0.1, 0.15) is 18.3 Å². The smallest absolute Gasteiger partial charge is 0.306 e. The van der Waals surface area contributed by atoms with Crippen molar-refractivity contribution in [3.8, 4) is 0 Å². The Morgan fingerprint density at radius 1 is 0.333 bits per heavy atom. The summed E-state index contributed by atoms with van der Waals surface area (Å²) in [6, 6.07) is 0. The quantitative estimate of drug-likeness (QED) is 0.0390. The molecule has 48 heavy (non-hydrogen) atoms. The standard InChI is InChI=1S/C42H78O6/c1-4-7-10-13-16-19-22-25-28-31-40(43)46-37-34-38(47-41(44)32-29-26-23-20-17-14-11-8-5-2)36-39(35-37)48-42(45)33-30-27-24-21-18-15-12-9-6-3/h37-39H,4-36H2,1-3H3. The molecule has 0 amide bonds. The van der Waals surface area contributed by atoms with Crippen LogP contribution in [0.25, 0.3) is 0 Å². The van der Waals surface area contributed by atoms with Gasteiger partial charge in [0.25, 0.3) is 0 Å². The van der Waals surface area contributed by atoms with Gasteiger partial charge >= 0.3 is 17.9 Å². The second-order valence-corrected chi connectivity index (χ2v) is 14.8. The van der Waals surface area contributed by atoms with Gasteiger partial charge in [-0.1, -0.05) is 175 Å². The molecule has 0 N–H and O–H groups in total. The lowest BCUT2D eigenvalue weighted by Gasteiger charge is -2.34. The first-order chi connectivity index (χ1) is 23.5. The van der Waals surface area contributed by atoms with Gasteiger partial charge in [0.2, 0.25) is 0 Å². The van der Waals surface area contributed by atoms with Gasteiger partial charge in [0.05, 0.1) is 0 Å². The van der Waals surface area contributed by atoms with E-state index in [-0.39, 0.29) is 36.2 Å². The first kappa shape index (κ1) is 44.4. The first-order valence-electron chi connectivity index (χ1n) is 21.1. The molecule has 0 radical (unpaired) electrons. The molecule has 0 aliphatic heterocycles. The summed E-state index contributed by atoms with van der Waals surface area (Å²) in [6.07, 6.45) is 34.0. The van der Waals surface area contributed by atoms with E-state index in [1.165, 1.54) is 116 Å². The topological polar surface area (TPSA) is 78.9 Å². The van der Waals surface area contributed by atoms with Crippen molar-refractivity contribution in [2.45, 2.75) is 251 Å². The van der Waals surface area contributed by atoms with Crippen LogP contribution in [0.3, 0.4) is 0 Å². The summed E-state index contributed by atoms with van der Waals surface area (Å²) >= 11 is 0. The molecule has 6 heteroatoms. The lowest BCUT2D eigenvalue weighted by Crippen LogP contribution is -2.40. The van der Waals surface area contributed by atoms with Gasteiger partial charge < -0.3 is 14.2 Å². The Labute approximate surface area is 297 Å². The minimum absolute atomic E-state index is 0.190. The molecule has 0 spiro atoms. The summed E-state index contributed by atoms with van der Waals surface area (Å²) in [7, 11) is 0. The molecule has 0 aromatic carbocycles. The van der Waals surface area contributed by atoms with Crippen LogP contribution in [0.5, 0.6) is 0 Å². The van der Waals surface area contributed by atoms with Crippen LogP contribution in [-0.4, -0.2) is 36.2 Å². The minimum atomic E-state index is -0.388. The SMILES string of the molecule is CCCCCCCCCCCC(=O)OC1CC(OC(=O)CCCCCCCCCCC)CC(OC(=O)CCCCCCCCCCC)C1. The third kappa shape index (κ3) is 27.3. The van der Waals surface area contributed by atoms with Crippen molar-refractivity contribution in [1.29, 1.82) is 0 Å². The fourth-order valence-corrected chi connectivity index (χ4v) is 6.93. The second kappa shape index (κ2) is 32.6. The molecule has 0 aromatic heterocycles. The van der Waals surface area contributed by atoms with E-state index in [0.717, 1.165) is 57.8 Å². The van der Waals surface area contributed by atoms with Crippen LogP contribution in [0.4, 0.5) is 0 Å². The summed E-state index contributed by atoms with van der Waals surface area (Å²) in [6.45, 7) is 6.72. The summed E-state index contributed by atoms with van der Waals surface area (Å²) < 4.78 is 17.7. The highest BCUT2D eigenvalue weighted by Gasteiger charge is 2.35. The number of ether oxygens (including phenoxy) is 3. The van der Waals surface area contributed by atoms with Crippen molar-refractivity contribution >= 4 is 17.9 Å². The predicted molar refractivity (Wildman–Crippen MR) is 199 cm³/mol. The molecule has 6 nitrogen and oxygen atoms in total. The van der Waals surface area contributed by atoms with Gasteiger partial charge in [-0.2, -0.15) is 0 Å². The van der Waals surface area contributed by atoms with Crippen LogP contribution in [0.2, 0.25) is 0 Å². The number of hydrogen-bond donors (Lipinski definition) is 0. The Bertz CT molecular complexity index is 661. The molecule has 0 unspecified atom stereocenters. The number of unbranched alkanes of at least 4 members (excludes halogenated alkanes) is 24. The summed E-state index contributed by atoms with van der Waals surface area (Å²) in [4.78, 5) is 38.2. The van der Waals surface area contributed by atoms with Crippen LogP contribution in [-0.2, 0) is 28.6 Å². The van der Waals surface area contributed by atoms with Crippen LogP contribution in [0.1, 0.15) is 233 Å². The van der Waals surface area contributed by atoms with Gasteiger partial charge in [-0.05, 0) is 19.3 Å². The normalized spacial score (nSPS) is 17.7. The zero-order valence-corrected chi connectivity index (χ0v) is 32.0. The maximum absolute atomic E-state index is 12.7. The van der Waals surface area contributed by atoms with Gasteiger partial charge in [-0.3, -0.25) is 14.4 Å². The van der Waals surface area contributed by atoms with E-state index in [1.807, 2.05) is 0 Å². The molecule has 1 aliphatic rings. The molecule has 0 saturated heterocycles. The molecule has 1 aliphatic carbocycles. The molecule has 0 heterocycles. The minimum Gasteiger partial charge on any atom is -0.462 e. The van der Waals surface area contributed by atoms with E-state index in [0.29, 0.717) is 38.5 Å². The van der Waals surface area contributed by atoms with Crippen LogP contribution < -0.4 is 0 Å². The third-order valence-corrected chi connectivity index (χ3v) is 9.93. The molecule has 0 atom stereocenters. The Morgan fingerprint density at radius 2 is 0.521 bits per heavy atom. The Morgan fingerprint density at radius 3 is 0.729 bits per heavy atom. The van der Waals surface area contributed by atoms with E-state index in [1.54, 1.807) is 0 Å². The summed E-state index contributed by atoms with van der Waals surface area (Å²) in [5.41, 5.74) is 0. The van der Waals surface area contributed by atoms with Crippen LogP contribution in [0.15, 0.2) is 0 Å². The fraction of sp³-hybridized carbons (Fsp3) is 0.929. The Balaban J connectivity index is 2.44. The van der Waals surface area contributed by atoms with E-state index in [9.17, 15) is 14.4 Å². The van der Waals surface area contributed by atoms with E-state index in [2.05, 4.69) is 20.8 Å². The van der Waals surface area contributed by atoms with Gasteiger partial charge in [-0.25, -0.2) is 0 Å². The first-order valence-corrected chi connectivity index (χ1v) is 21.1. The highest BCUT2D eigenvalue weighted by molar-refractivity contribution is 5.70. The van der Waals surface area contributed by atoms with Crippen molar-refractivity contribution in [2.75, 3.05) is 0 Å². The Kier molecular flexibility index (Phi) is 30.2. The fourth-order valence-electron chi connectivity index (χ4n) is 6.93. The largest absolute Gasteiger partial charge is 0.462 e. The van der Waals surface area contributed by atoms with Gasteiger partial charge in [-0.15, -0.1) is 0 Å². The average molecular weight is 679 g/mol. The van der Waals surface area contributed by atoms with Crippen molar-refractivity contribution < 1.29 is 28.6 Å². The lowest BCUT2D eigenvalue weighted by atomic mass is 9.92. The van der Waals surface area contributed by atoms with Gasteiger partial charge in [0, 0.05) is 38.5 Å². The average Bonchev–Trinajstić information content (AvgIpc) is 3.06. The lowest BCUT2D eigenvalue weighted by molar-refractivity contribution is -0.169. The van der Waals surface area contributed by atoms with Crippen molar-refractivity contribution in [2.24, 2.45) is 0 Å². The molecular weight excluding hydrogens is 600 g/mol. The van der Waals surface area contributed by atoms with Crippen molar-refractivity contribution in [1.82, 2.24) is 0 Å². The molecule has 1 saturated carbocycles. The number of hydrogen-bond acceptors (Lipinski definition) is 6. The molecule has 1 rings (SSSR count). The summed E-state index contributed by atoms with van der Waals surface area (Å²) in [5, 5.41) is 0. The number of rotatable bonds is 33. The molecular formula is C42H78O6. The highest BCUT2D eigenvalue weighted by atomic mass is 16.6. The molecule has 0 bridgehead atoms. The molecule has 282 valence electrons. The van der Waals surface area contributed by atoms with E-state index in [4.69, 9.17) is 14.2 Å². The number of esters is 3. The molecule has 1 fully saturated rings. The maximum Gasteiger partial charge on any atom is 0.306 e. The zero-order chi connectivity index (χ0) is 34.9. The van der Waals surface area contributed by atoms with E-state index < -0.39 is 0 Å². The number of carbonyl (C=O) groups excluding carboxylic acids is 3. The van der Waals surface area contributed by atoms with Crippen LogP contribution in [0, 0.1) is 0 Å². The third-order valence-electron chi connectivity index (χ3n) is 9.93. The van der Waals surface area contributed by atoms with Crippen LogP contribution >= 0.6 is 0 Å². The zero-order valence-electron chi connectivity index (χ0n) is 32.0. The number of carbonyl (C=O) groups is 3. The van der Waals surface area contributed by atoms with Crippen molar-refractivity contribution in [3.63, 3.8) is 0 Å². The summed E-state index contributed by atoms with van der Waals surface area (Å²) in [5.74, 6) is -0.571.